The van der Waals surface area contributed by atoms with Crippen molar-refractivity contribution < 1.29 is 62.3 Å². The van der Waals surface area contributed by atoms with E-state index in [9.17, 15) is 28.8 Å². The first kappa shape index (κ1) is 58.7. The molecule has 0 aliphatic carbocycles. The lowest BCUT2D eigenvalue weighted by Crippen LogP contribution is -2.44. The summed E-state index contributed by atoms with van der Waals surface area (Å²) in [5.41, 5.74) is -1.13. The zero-order chi connectivity index (χ0) is 46.3. The number of hydrogen-bond donors (Lipinski definition) is 4. The van der Waals surface area contributed by atoms with Gasteiger partial charge in [0, 0.05) is 32.4 Å². The van der Waals surface area contributed by atoms with Gasteiger partial charge in [-0.05, 0) is 60.8 Å². The minimum absolute atomic E-state index is 0.0208. The number of aliphatic carboxylic acids is 1. The highest BCUT2D eigenvalue weighted by Crippen LogP contribution is 2.16. The van der Waals surface area contributed by atoms with E-state index in [4.69, 9.17) is 33.5 Å². The molecule has 62 heavy (non-hydrogen) atoms. The second kappa shape index (κ2) is 38.1. The van der Waals surface area contributed by atoms with Crippen LogP contribution in [0.15, 0.2) is 0 Å². The van der Waals surface area contributed by atoms with Crippen molar-refractivity contribution in [3.05, 3.63) is 0 Å². The van der Waals surface area contributed by atoms with Gasteiger partial charge in [0.25, 0.3) is 0 Å². The van der Waals surface area contributed by atoms with Gasteiger partial charge in [-0.2, -0.15) is 0 Å². The van der Waals surface area contributed by atoms with Crippen LogP contribution in [0.5, 0.6) is 0 Å². The largest absolute Gasteiger partial charge is 0.480 e. The summed E-state index contributed by atoms with van der Waals surface area (Å²) in [5, 5.41) is 16.6. The number of carboxylic acid groups (broad SMARTS) is 1. The minimum Gasteiger partial charge on any atom is -0.480 e. The maximum atomic E-state index is 12.9. The molecule has 0 radical (unpaired) electrons. The van der Waals surface area contributed by atoms with Crippen LogP contribution in [0.1, 0.15) is 176 Å². The first-order valence-electron chi connectivity index (χ1n) is 23.3. The zero-order valence-corrected chi connectivity index (χ0v) is 39.3. The molecule has 0 saturated carbocycles. The van der Waals surface area contributed by atoms with Crippen molar-refractivity contribution in [2.24, 2.45) is 0 Å². The van der Waals surface area contributed by atoms with E-state index in [1.807, 2.05) is 20.8 Å². The molecule has 0 fully saturated rings. The van der Waals surface area contributed by atoms with Crippen molar-refractivity contribution in [2.45, 2.75) is 194 Å². The summed E-state index contributed by atoms with van der Waals surface area (Å²) in [5.74, 6) is -2.53. The first-order chi connectivity index (χ1) is 29.5. The molecule has 0 spiro atoms. The molecule has 1 atom stereocenters. The lowest BCUT2D eigenvalue weighted by atomic mass is 10.0. The lowest BCUT2D eigenvalue weighted by Gasteiger charge is -2.24. The van der Waals surface area contributed by atoms with Gasteiger partial charge in [-0.25, -0.2) is 9.59 Å². The number of hydrogen-bond acceptors (Lipinski definition) is 12. The molecule has 0 aromatic heterocycles. The molecule has 0 saturated heterocycles. The van der Waals surface area contributed by atoms with E-state index in [0.29, 0.717) is 12.8 Å². The van der Waals surface area contributed by atoms with E-state index >= 15 is 0 Å². The summed E-state index contributed by atoms with van der Waals surface area (Å²) < 4.78 is 31.6. The topological polar surface area (TPSA) is 214 Å². The van der Waals surface area contributed by atoms with Crippen LogP contribution in [-0.4, -0.2) is 124 Å². The number of nitrogens with one attached hydrogen (secondary N) is 3. The van der Waals surface area contributed by atoms with Crippen LogP contribution in [0.25, 0.3) is 0 Å². The van der Waals surface area contributed by atoms with Crippen molar-refractivity contribution >= 4 is 35.6 Å². The van der Waals surface area contributed by atoms with E-state index in [-0.39, 0.29) is 102 Å². The average Bonchev–Trinajstić information content (AvgIpc) is 3.17. The van der Waals surface area contributed by atoms with Gasteiger partial charge in [0.1, 0.15) is 30.5 Å². The van der Waals surface area contributed by atoms with Gasteiger partial charge in [0.05, 0.1) is 39.6 Å². The second-order valence-corrected chi connectivity index (χ2v) is 17.7. The van der Waals surface area contributed by atoms with Crippen LogP contribution in [0.3, 0.4) is 0 Å². The van der Waals surface area contributed by atoms with Gasteiger partial charge in [-0.3, -0.25) is 19.2 Å². The molecule has 0 unspecified atom stereocenters. The van der Waals surface area contributed by atoms with Crippen LogP contribution in [0.4, 0.5) is 0 Å². The van der Waals surface area contributed by atoms with Crippen LogP contribution in [0, 0.1) is 0 Å². The molecular formula is C46H85N3O13. The Morgan fingerprint density at radius 3 is 1.31 bits per heavy atom. The molecule has 16 nitrogen and oxygen atoms in total. The van der Waals surface area contributed by atoms with Gasteiger partial charge >= 0.3 is 17.9 Å². The zero-order valence-electron chi connectivity index (χ0n) is 39.3. The summed E-state index contributed by atoms with van der Waals surface area (Å²) >= 11 is 0. The Bertz CT molecular complexity index is 1200. The molecule has 3 amide bonds. The van der Waals surface area contributed by atoms with Gasteiger partial charge < -0.3 is 49.5 Å². The Balaban J connectivity index is 3.94. The molecule has 4 N–H and O–H groups in total. The molecule has 0 aliphatic heterocycles. The summed E-state index contributed by atoms with van der Waals surface area (Å²) in [6.45, 7) is 12.2. The van der Waals surface area contributed by atoms with E-state index in [0.717, 1.165) is 38.5 Å². The molecule has 16 heteroatoms. The predicted molar refractivity (Wildman–Crippen MR) is 238 cm³/mol. The van der Waals surface area contributed by atoms with Gasteiger partial charge in [0.15, 0.2) is 0 Å². The quantitative estimate of drug-likeness (QED) is 0.0371. The number of unbranched alkanes of at least 4 members (excludes halogenated alkanes) is 16. The third-order valence-electron chi connectivity index (χ3n) is 9.23. The number of amides is 3. The molecule has 0 bridgehead atoms. The SMILES string of the molecule is CC(C)(C)OC(=O)CCCCCCCCCCCCCCCCCCCC(=O)N[C@@H](CCC(=O)NCCOCCOCC(=O)NCCOCCOCC(=O)O)C(=O)OC(C)(C)C. The van der Waals surface area contributed by atoms with Crippen LogP contribution in [-0.2, 0) is 57.2 Å². The minimum atomic E-state index is -1.05. The number of ether oxygens (including phenoxy) is 6. The molecule has 0 heterocycles. The third-order valence-corrected chi connectivity index (χ3v) is 9.23. The Morgan fingerprint density at radius 1 is 0.452 bits per heavy atom. The molecule has 0 aromatic carbocycles. The van der Waals surface area contributed by atoms with Gasteiger partial charge in [-0.1, -0.05) is 96.3 Å². The van der Waals surface area contributed by atoms with E-state index in [1.165, 1.54) is 70.6 Å². The maximum Gasteiger partial charge on any atom is 0.329 e. The van der Waals surface area contributed by atoms with Crippen molar-refractivity contribution in [1.29, 1.82) is 0 Å². The highest BCUT2D eigenvalue weighted by molar-refractivity contribution is 5.85. The summed E-state index contributed by atoms with van der Waals surface area (Å²) in [6, 6.07) is -0.927. The molecular weight excluding hydrogens is 803 g/mol. The second-order valence-electron chi connectivity index (χ2n) is 17.7. The molecule has 0 rings (SSSR count). The van der Waals surface area contributed by atoms with Crippen molar-refractivity contribution in [2.75, 3.05) is 65.9 Å². The van der Waals surface area contributed by atoms with Gasteiger partial charge in [-0.15, -0.1) is 0 Å². The van der Waals surface area contributed by atoms with E-state index in [1.54, 1.807) is 20.8 Å². The van der Waals surface area contributed by atoms with Crippen LogP contribution in [0.2, 0.25) is 0 Å². The van der Waals surface area contributed by atoms with Crippen LogP contribution >= 0.6 is 0 Å². The highest BCUT2D eigenvalue weighted by Gasteiger charge is 2.27. The lowest BCUT2D eigenvalue weighted by molar-refractivity contribution is -0.159. The molecule has 362 valence electrons. The summed E-state index contributed by atoms with van der Waals surface area (Å²) in [4.78, 5) is 72.1. The smallest absolute Gasteiger partial charge is 0.329 e. The monoisotopic (exact) mass is 888 g/mol. The fraction of sp³-hybridized carbons (Fsp3) is 0.870. The van der Waals surface area contributed by atoms with Crippen molar-refractivity contribution in [3.63, 3.8) is 0 Å². The van der Waals surface area contributed by atoms with Crippen molar-refractivity contribution in [3.8, 4) is 0 Å². The first-order valence-corrected chi connectivity index (χ1v) is 23.3. The molecule has 0 aliphatic rings. The normalized spacial score (nSPS) is 12.1. The van der Waals surface area contributed by atoms with E-state index < -0.39 is 29.2 Å². The Kier molecular flexibility index (Phi) is 36.1. The van der Waals surface area contributed by atoms with E-state index in [2.05, 4.69) is 16.0 Å². The third kappa shape index (κ3) is 43.3. The van der Waals surface area contributed by atoms with Crippen LogP contribution < -0.4 is 16.0 Å². The standard InChI is InChI=1S/C46H85N3O13/c1-45(2,3)61-43(55)25-23-21-19-17-15-13-11-9-7-8-10-12-14-16-18-20-22-24-40(51)49-38(44(56)62-46(4,5)6)26-27-39(50)47-28-30-57-32-34-59-36-41(52)48-29-31-58-33-35-60-37-42(53)54/h38H,7-37H2,1-6H3,(H,47,50)(H,48,52)(H,49,51)(H,53,54)/t38-/m0/s1. The molecule has 0 aromatic rings. The Hall–Kier alpha value is -3.34. The fourth-order valence-corrected chi connectivity index (χ4v) is 6.19. The number of esters is 2. The fourth-order valence-electron chi connectivity index (χ4n) is 6.19. The summed E-state index contributed by atoms with van der Waals surface area (Å²) in [7, 11) is 0. The van der Waals surface area contributed by atoms with Gasteiger partial charge in [0.2, 0.25) is 17.7 Å². The number of carboxylic acids is 1. The Labute approximate surface area is 372 Å². The predicted octanol–water partition coefficient (Wildman–Crippen LogP) is 6.73. The number of rotatable bonds is 41. The highest BCUT2D eigenvalue weighted by atomic mass is 16.6. The number of carbonyl (C=O) groups excluding carboxylic acids is 5. The van der Waals surface area contributed by atoms with Crippen molar-refractivity contribution in [1.82, 2.24) is 16.0 Å². The average molecular weight is 888 g/mol. The number of carbonyl (C=O) groups is 6. The Morgan fingerprint density at radius 2 is 0.855 bits per heavy atom. The maximum absolute atomic E-state index is 12.9. The summed E-state index contributed by atoms with van der Waals surface area (Å²) in [6.07, 6.45) is 20.9.